The molecule has 2 aromatic rings. The Labute approximate surface area is 121 Å². The van der Waals surface area contributed by atoms with Gasteiger partial charge >= 0.3 is 5.97 Å². The average Bonchev–Trinajstić information content (AvgIpc) is 2.82. The zero-order valence-electron chi connectivity index (χ0n) is 11.4. The van der Waals surface area contributed by atoms with Gasteiger partial charge < -0.3 is 10.8 Å². The molecule has 0 bridgehead atoms. The van der Waals surface area contributed by atoms with E-state index in [-0.39, 0.29) is 17.6 Å². The summed E-state index contributed by atoms with van der Waals surface area (Å²) in [6.07, 6.45) is 2.46. The molecular formula is C15H16FN3O2. The van der Waals surface area contributed by atoms with Crippen molar-refractivity contribution in [3.05, 3.63) is 52.6 Å². The van der Waals surface area contributed by atoms with E-state index in [4.69, 9.17) is 5.73 Å². The summed E-state index contributed by atoms with van der Waals surface area (Å²) in [5.41, 5.74) is 8.49. The van der Waals surface area contributed by atoms with Gasteiger partial charge in [-0.3, -0.25) is 4.68 Å². The van der Waals surface area contributed by atoms with Crippen LogP contribution in [-0.4, -0.2) is 20.9 Å². The van der Waals surface area contributed by atoms with E-state index in [1.807, 2.05) is 0 Å². The fourth-order valence-electron chi connectivity index (χ4n) is 2.85. The lowest BCUT2D eigenvalue weighted by Crippen LogP contribution is -2.20. The summed E-state index contributed by atoms with van der Waals surface area (Å²) in [6.45, 7) is 0.419. The van der Waals surface area contributed by atoms with Crippen molar-refractivity contribution in [2.45, 2.75) is 31.8 Å². The number of fused-ring (bicyclic) bond motifs is 1. The van der Waals surface area contributed by atoms with E-state index < -0.39 is 5.97 Å². The summed E-state index contributed by atoms with van der Waals surface area (Å²) in [7, 11) is 0. The van der Waals surface area contributed by atoms with Gasteiger partial charge in [-0.2, -0.15) is 5.10 Å². The van der Waals surface area contributed by atoms with Crippen molar-refractivity contribution >= 4 is 5.97 Å². The van der Waals surface area contributed by atoms with Crippen LogP contribution >= 0.6 is 0 Å². The van der Waals surface area contributed by atoms with Gasteiger partial charge in [0, 0.05) is 17.3 Å². The normalized spacial score (nSPS) is 17.5. The maximum atomic E-state index is 12.9. The van der Waals surface area contributed by atoms with Gasteiger partial charge in [0.25, 0.3) is 0 Å². The zero-order valence-corrected chi connectivity index (χ0v) is 11.4. The number of aromatic nitrogens is 2. The Balaban J connectivity index is 2.01. The molecule has 0 aliphatic heterocycles. The number of carboxylic acid groups (broad SMARTS) is 1. The van der Waals surface area contributed by atoms with Crippen LogP contribution in [0.2, 0.25) is 0 Å². The van der Waals surface area contributed by atoms with Crippen LogP contribution in [0.3, 0.4) is 0 Å². The van der Waals surface area contributed by atoms with E-state index in [2.05, 4.69) is 5.10 Å². The lowest BCUT2D eigenvalue weighted by atomic mass is 9.91. The van der Waals surface area contributed by atoms with Crippen molar-refractivity contribution in [1.29, 1.82) is 0 Å². The van der Waals surface area contributed by atoms with Crippen LogP contribution in [0.15, 0.2) is 24.3 Å². The summed E-state index contributed by atoms with van der Waals surface area (Å²) in [4.78, 5) is 11.3. The average molecular weight is 289 g/mol. The fourth-order valence-corrected chi connectivity index (χ4v) is 2.85. The van der Waals surface area contributed by atoms with E-state index in [1.165, 1.54) is 12.1 Å². The summed E-state index contributed by atoms with van der Waals surface area (Å²) in [6, 6.07) is 5.84. The van der Waals surface area contributed by atoms with E-state index >= 15 is 0 Å². The second kappa shape index (κ2) is 5.29. The van der Waals surface area contributed by atoms with Crippen molar-refractivity contribution in [2.24, 2.45) is 5.73 Å². The van der Waals surface area contributed by atoms with Crippen LogP contribution < -0.4 is 5.73 Å². The third kappa shape index (κ3) is 2.54. The summed E-state index contributed by atoms with van der Waals surface area (Å²) >= 11 is 0. The van der Waals surface area contributed by atoms with Crippen LogP contribution in [0, 0.1) is 5.82 Å². The Kier molecular flexibility index (Phi) is 3.47. The molecular weight excluding hydrogens is 273 g/mol. The van der Waals surface area contributed by atoms with Gasteiger partial charge in [0.1, 0.15) is 5.82 Å². The highest BCUT2D eigenvalue weighted by molar-refractivity contribution is 5.87. The molecule has 0 saturated heterocycles. The zero-order chi connectivity index (χ0) is 15.0. The summed E-state index contributed by atoms with van der Waals surface area (Å²) in [5, 5.41) is 13.5. The minimum Gasteiger partial charge on any atom is -0.476 e. The fraction of sp³-hybridized carbons (Fsp3) is 0.333. The predicted octanol–water partition coefficient (Wildman–Crippen LogP) is 2.10. The molecule has 1 heterocycles. The van der Waals surface area contributed by atoms with Gasteiger partial charge in [-0.25, -0.2) is 9.18 Å². The SMILES string of the molecule is NC1CCCc2c1c(C(=O)O)nn2Cc1ccc(F)cc1. The maximum absolute atomic E-state index is 12.9. The maximum Gasteiger partial charge on any atom is 0.356 e. The second-order valence-electron chi connectivity index (χ2n) is 5.30. The Morgan fingerprint density at radius 1 is 1.43 bits per heavy atom. The van der Waals surface area contributed by atoms with E-state index in [0.717, 1.165) is 30.5 Å². The molecule has 21 heavy (non-hydrogen) atoms. The molecule has 1 aromatic heterocycles. The molecule has 0 amide bonds. The van der Waals surface area contributed by atoms with Gasteiger partial charge in [-0.15, -0.1) is 0 Å². The number of rotatable bonds is 3. The number of nitrogens with zero attached hydrogens (tertiary/aromatic N) is 2. The molecule has 3 rings (SSSR count). The number of hydrogen-bond donors (Lipinski definition) is 2. The number of halogens is 1. The highest BCUT2D eigenvalue weighted by Gasteiger charge is 2.29. The number of benzene rings is 1. The summed E-state index contributed by atoms with van der Waals surface area (Å²) < 4.78 is 14.6. The molecule has 6 heteroatoms. The van der Waals surface area contributed by atoms with E-state index in [1.54, 1.807) is 16.8 Å². The third-order valence-electron chi connectivity index (χ3n) is 3.85. The largest absolute Gasteiger partial charge is 0.476 e. The number of nitrogens with two attached hydrogens (primary N) is 1. The van der Waals surface area contributed by atoms with Gasteiger partial charge in [0.2, 0.25) is 0 Å². The minimum atomic E-state index is -1.05. The molecule has 110 valence electrons. The predicted molar refractivity (Wildman–Crippen MR) is 74.6 cm³/mol. The van der Waals surface area contributed by atoms with Crippen molar-refractivity contribution in [1.82, 2.24) is 9.78 Å². The van der Waals surface area contributed by atoms with Gasteiger partial charge in [0.05, 0.1) is 6.54 Å². The minimum absolute atomic E-state index is 0.0410. The van der Waals surface area contributed by atoms with Gasteiger partial charge in [-0.1, -0.05) is 12.1 Å². The second-order valence-corrected chi connectivity index (χ2v) is 5.30. The lowest BCUT2D eigenvalue weighted by Gasteiger charge is -2.20. The van der Waals surface area contributed by atoms with Crippen LogP contribution in [0.4, 0.5) is 4.39 Å². The first-order valence-electron chi connectivity index (χ1n) is 6.89. The van der Waals surface area contributed by atoms with Crippen LogP contribution in [-0.2, 0) is 13.0 Å². The smallest absolute Gasteiger partial charge is 0.356 e. The van der Waals surface area contributed by atoms with Gasteiger partial charge in [-0.05, 0) is 37.0 Å². The Morgan fingerprint density at radius 2 is 2.14 bits per heavy atom. The molecule has 3 N–H and O–H groups in total. The van der Waals surface area contributed by atoms with Crippen molar-refractivity contribution in [3.8, 4) is 0 Å². The van der Waals surface area contributed by atoms with Crippen molar-refractivity contribution in [3.63, 3.8) is 0 Å². The number of aromatic carboxylic acids is 1. The number of carboxylic acids is 1. The highest BCUT2D eigenvalue weighted by Crippen LogP contribution is 2.31. The molecule has 1 aromatic carbocycles. The first-order chi connectivity index (χ1) is 10.1. The Bertz CT molecular complexity index is 679. The molecule has 1 atom stereocenters. The molecule has 1 unspecified atom stereocenters. The Hall–Kier alpha value is -2.21. The first-order valence-corrected chi connectivity index (χ1v) is 6.89. The molecule has 0 spiro atoms. The highest BCUT2D eigenvalue weighted by atomic mass is 19.1. The molecule has 1 aliphatic carbocycles. The van der Waals surface area contributed by atoms with Gasteiger partial charge in [0.15, 0.2) is 5.69 Å². The molecule has 0 radical (unpaired) electrons. The number of hydrogen-bond acceptors (Lipinski definition) is 3. The lowest BCUT2D eigenvalue weighted by molar-refractivity contribution is 0.0687. The standard InChI is InChI=1S/C15H16FN3O2/c16-10-6-4-9(5-7-10)8-19-12-3-1-2-11(17)13(12)14(18-19)15(20)21/h4-7,11H,1-3,8,17H2,(H,20,21). The monoisotopic (exact) mass is 289 g/mol. The summed E-state index contributed by atoms with van der Waals surface area (Å²) in [5.74, 6) is -1.35. The topological polar surface area (TPSA) is 81.1 Å². The molecule has 5 nitrogen and oxygen atoms in total. The molecule has 0 saturated carbocycles. The molecule has 0 fully saturated rings. The first kappa shape index (κ1) is 13.8. The molecule has 1 aliphatic rings. The quantitative estimate of drug-likeness (QED) is 0.906. The Morgan fingerprint density at radius 3 is 2.81 bits per heavy atom. The van der Waals surface area contributed by atoms with Crippen LogP contribution in [0.1, 0.15) is 46.2 Å². The van der Waals surface area contributed by atoms with Crippen molar-refractivity contribution < 1.29 is 14.3 Å². The van der Waals surface area contributed by atoms with Crippen LogP contribution in [0.5, 0.6) is 0 Å². The van der Waals surface area contributed by atoms with E-state index in [9.17, 15) is 14.3 Å². The third-order valence-corrected chi connectivity index (χ3v) is 3.85. The van der Waals surface area contributed by atoms with Crippen molar-refractivity contribution in [2.75, 3.05) is 0 Å². The van der Waals surface area contributed by atoms with Crippen LogP contribution in [0.25, 0.3) is 0 Å². The number of carbonyl (C=O) groups is 1. The van der Waals surface area contributed by atoms with E-state index in [0.29, 0.717) is 12.1 Å².